The molecule has 1 N–H and O–H groups in total. The summed E-state index contributed by atoms with van der Waals surface area (Å²) in [5.41, 5.74) is 0. The molecule has 0 bridgehead atoms. The number of hydrogen-bond acceptors (Lipinski definition) is 3. The van der Waals surface area contributed by atoms with Gasteiger partial charge in [0.25, 0.3) is 0 Å². The average molecular weight is 229 g/mol. The van der Waals surface area contributed by atoms with E-state index in [1.54, 1.807) is 0 Å². The Hall–Kier alpha value is -0.610. The van der Waals surface area contributed by atoms with Gasteiger partial charge < -0.3 is 10.0 Å². The number of amidine groups is 1. The third-order valence-electron chi connectivity index (χ3n) is 1.84. The molecule has 0 aromatic rings. The van der Waals surface area contributed by atoms with Crippen LogP contribution in [0.2, 0.25) is 0 Å². The predicted molar refractivity (Wildman–Crippen MR) is 51.2 cm³/mol. The van der Waals surface area contributed by atoms with E-state index in [0.29, 0.717) is 13.1 Å². The van der Waals surface area contributed by atoms with Crippen LogP contribution < -0.4 is 0 Å². The van der Waals surface area contributed by atoms with Crippen LogP contribution in [0.5, 0.6) is 0 Å². The fourth-order valence-electron chi connectivity index (χ4n) is 1.28. The molecule has 64 valence electrons. The summed E-state index contributed by atoms with van der Waals surface area (Å²) in [6, 6.07) is 0. The van der Waals surface area contributed by atoms with Crippen molar-refractivity contribution in [2.24, 2.45) is 4.99 Å². The van der Waals surface area contributed by atoms with E-state index in [1.807, 2.05) is 23.3 Å². The average Bonchev–Trinajstić information content (AvgIpc) is 2.03. The van der Waals surface area contributed by atoms with Crippen molar-refractivity contribution in [1.82, 2.24) is 4.90 Å². The molecule has 2 aliphatic heterocycles. The predicted octanol–water partition coefficient (Wildman–Crippen LogP) is 0.868. The SMILES string of the molecule is OC1CN=C2C=CC(Br)=CN2C1. The van der Waals surface area contributed by atoms with Crippen LogP contribution in [0.15, 0.2) is 27.8 Å². The van der Waals surface area contributed by atoms with Crippen molar-refractivity contribution in [3.05, 3.63) is 22.8 Å². The Balaban J connectivity index is 2.25. The van der Waals surface area contributed by atoms with E-state index in [2.05, 4.69) is 20.9 Å². The van der Waals surface area contributed by atoms with Crippen molar-refractivity contribution in [2.75, 3.05) is 13.1 Å². The van der Waals surface area contributed by atoms with Gasteiger partial charge in [-0.1, -0.05) is 0 Å². The minimum atomic E-state index is -0.336. The number of allylic oxidation sites excluding steroid dienone is 2. The maximum atomic E-state index is 9.32. The molecule has 0 amide bonds. The number of aliphatic imine (C=N–C) groups is 1. The van der Waals surface area contributed by atoms with Gasteiger partial charge in [0.1, 0.15) is 5.84 Å². The highest BCUT2D eigenvalue weighted by Gasteiger charge is 2.19. The number of aliphatic hydroxyl groups excluding tert-OH is 1. The molecule has 2 rings (SSSR count). The molecule has 4 heteroatoms. The lowest BCUT2D eigenvalue weighted by atomic mass is 10.2. The minimum Gasteiger partial charge on any atom is -0.389 e. The monoisotopic (exact) mass is 228 g/mol. The number of aliphatic hydroxyl groups is 1. The molecule has 0 saturated carbocycles. The van der Waals surface area contributed by atoms with Gasteiger partial charge in [0, 0.05) is 10.7 Å². The molecule has 0 radical (unpaired) electrons. The van der Waals surface area contributed by atoms with Crippen molar-refractivity contribution in [3.63, 3.8) is 0 Å². The lowest BCUT2D eigenvalue weighted by molar-refractivity contribution is 0.154. The second-order valence-corrected chi connectivity index (χ2v) is 3.77. The van der Waals surface area contributed by atoms with Crippen LogP contribution in [0.4, 0.5) is 0 Å². The molecule has 2 heterocycles. The number of hydrogen-bond donors (Lipinski definition) is 1. The summed E-state index contributed by atoms with van der Waals surface area (Å²) in [6.45, 7) is 1.15. The molecule has 0 fully saturated rings. The summed E-state index contributed by atoms with van der Waals surface area (Å²) in [6.07, 6.45) is 5.49. The Kier molecular flexibility index (Phi) is 2.02. The molecule has 3 nitrogen and oxygen atoms in total. The van der Waals surface area contributed by atoms with E-state index in [0.717, 1.165) is 10.3 Å². The number of fused-ring (bicyclic) bond motifs is 1. The fourth-order valence-corrected chi connectivity index (χ4v) is 1.66. The Morgan fingerprint density at radius 1 is 1.58 bits per heavy atom. The number of rotatable bonds is 0. The van der Waals surface area contributed by atoms with Crippen molar-refractivity contribution in [1.29, 1.82) is 0 Å². The molecular formula is C8H9BrN2O. The maximum absolute atomic E-state index is 9.32. The highest BCUT2D eigenvalue weighted by Crippen LogP contribution is 2.17. The highest BCUT2D eigenvalue weighted by molar-refractivity contribution is 9.11. The summed E-state index contributed by atoms with van der Waals surface area (Å²) in [5, 5.41) is 9.32. The Morgan fingerprint density at radius 2 is 2.42 bits per heavy atom. The van der Waals surface area contributed by atoms with E-state index >= 15 is 0 Å². The van der Waals surface area contributed by atoms with Gasteiger partial charge in [-0.15, -0.1) is 0 Å². The molecular weight excluding hydrogens is 220 g/mol. The van der Waals surface area contributed by atoms with Crippen molar-refractivity contribution >= 4 is 21.8 Å². The standard InChI is InChI=1S/C8H9BrN2O/c9-6-1-2-8-10-3-7(12)5-11(8)4-6/h1-2,4,7,12H,3,5H2. The first-order valence-corrected chi connectivity index (χ1v) is 4.59. The van der Waals surface area contributed by atoms with E-state index < -0.39 is 0 Å². The Bertz CT molecular complexity index is 283. The normalized spacial score (nSPS) is 27.8. The van der Waals surface area contributed by atoms with E-state index in [-0.39, 0.29) is 6.10 Å². The zero-order valence-electron chi connectivity index (χ0n) is 6.44. The van der Waals surface area contributed by atoms with E-state index in [4.69, 9.17) is 0 Å². The van der Waals surface area contributed by atoms with Crippen LogP contribution in [0.25, 0.3) is 0 Å². The number of nitrogens with zero attached hydrogens (tertiary/aromatic N) is 2. The third-order valence-corrected chi connectivity index (χ3v) is 2.31. The molecule has 1 unspecified atom stereocenters. The first-order chi connectivity index (χ1) is 5.75. The summed E-state index contributed by atoms with van der Waals surface area (Å²) in [7, 11) is 0. The van der Waals surface area contributed by atoms with Gasteiger partial charge in [-0.25, -0.2) is 0 Å². The Morgan fingerprint density at radius 3 is 3.25 bits per heavy atom. The largest absolute Gasteiger partial charge is 0.389 e. The summed E-state index contributed by atoms with van der Waals surface area (Å²) >= 11 is 3.37. The van der Waals surface area contributed by atoms with Gasteiger partial charge in [-0.05, 0) is 28.1 Å². The van der Waals surface area contributed by atoms with Crippen LogP contribution in [0.3, 0.4) is 0 Å². The molecule has 0 aromatic heterocycles. The lowest BCUT2D eigenvalue weighted by Gasteiger charge is -2.29. The second-order valence-electron chi connectivity index (χ2n) is 2.85. The van der Waals surface area contributed by atoms with Gasteiger partial charge in [-0.3, -0.25) is 4.99 Å². The zero-order valence-corrected chi connectivity index (χ0v) is 8.03. The van der Waals surface area contributed by atoms with Crippen molar-refractivity contribution in [3.8, 4) is 0 Å². The van der Waals surface area contributed by atoms with Gasteiger partial charge >= 0.3 is 0 Å². The molecule has 2 aliphatic rings. The summed E-state index contributed by atoms with van der Waals surface area (Å²) < 4.78 is 1.01. The molecule has 0 aliphatic carbocycles. The van der Waals surface area contributed by atoms with Crippen molar-refractivity contribution in [2.45, 2.75) is 6.10 Å². The van der Waals surface area contributed by atoms with Crippen LogP contribution in [-0.4, -0.2) is 35.0 Å². The van der Waals surface area contributed by atoms with Crippen molar-refractivity contribution < 1.29 is 5.11 Å². The first kappa shape index (κ1) is 8.01. The fraction of sp³-hybridized carbons (Fsp3) is 0.375. The highest BCUT2D eigenvalue weighted by atomic mass is 79.9. The molecule has 0 spiro atoms. The van der Waals surface area contributed by atoms with Gasteiger partial charge in [0.05, 0.1) is 19.2 Å². The Labute approximate surface area is 79.2 Å². The minimum absolute atomic E-state index is 0.336. The third kappa shape index (κ3) is 1.44. The van der Waals surface area contributed by atoms with Gasteiger partial charge in [0.2, 0.25) is 0 Å². The molecule has 12 heavy (non-hydrogen) atoms. The first-order valence-electron chi connectivity index (χ1n) is 3.80. The zero-order chi connectivity index (χ0) is 8.55. The quantitative estimate of drug-likeness (QED) is 0.668. The lowest BCUT2D eigenvalue weighted by Crippen LogP contribution is -2.39. The molecule has 0 aromatic carbocycles. The molecule has 0 saturated heterocycles. The van der Waals surface area contributed by atoms with Crippen LogP contribution in [0.1, 0.15) is 0 Å². The smallest absolute Gasteiger partial charge is 0.127 e. The van der Waals surface area contributed by atoms with Gasteiger partial charge in [0.15, 0.2) is 0 Å². The number of halogens is 1. The van der Waals surface area contributed by atoms with Crippen LogP contribution in [0, 0.1) is 0 Å². The second kappa shape index (κ2) is 3.03. The van der Waals surface area contributed by atoms with E-state index in [1.165, 1.54) is 0 Å². The summed E-state index contributed by atoms with van der Waals surface area (Å²) in [5.74, 6) is 0.934. The summed E-state index contributed by atoms with van der Waals surface area (Å²) in [4.78, 5) is 6.15. The van der Waals surface area contributed by atoms with E-state index in [9.17, 15) is 5.11 Å². The topological polar surface area (TPSA) is 35.8 Å². The van der Waals surface area contributed by atoms with Crippen LogP contribution >= 0.6 is 15.9 Å². The maximum Gasteiger partial charge on any atom is 0.127 e. The van der Waals surface area contributed by atoms with Crippen LogP contribution in [-0.2, 0) is 0 Å². The van der Waals surface area contributed by atoms with Gasteiger partial charge in [-0.2, -0.15) is 0 Å². The molecule has 1 atom stereocenters.